The number of nitrogens with zero attached hydrogens (tertiary/aromatic N) is 2. The van der Waals surface area contributed by atoms with Crippen molar-refractivity contribution >= 4 is 23.4 Å². The Labute approximate surface area is 153 Å². The highest BCUT2D eigenvalue weighted by Crippen LogP contribution is 2.26. The third-order valence-electron chi connectivity index (χ3n) is 3.39. The molecular weight excluding hydrogens is 356 g/mol. The Morgan fingerprint density at radius 3 is 2.77 bits per heavy atom. The molecule has 0 aliphatic rings. The zero-order valence-corrected chi connectivity index (χ0v) is 14.4. The number of hydrogen-bond donors (Lipinski definition) is 4. The third kappa shape index (κ3) is 4.82. The van der Waals surface area contributed by atoms with E-state index in [1.54, 1.807) is 18.2 Å². The summed E-state index contributed by atoms with van der Waals surface area (Å²) in [5, 5.41) is 25.2. The monoisotopic (exact) mass is 373 g/mol. The summed E-state index contributed by atoms with van der Waals surface area (Å²) in [5.74, 6) is -0.0172. The van der Waals surface area contributed by atoms with Crippen LogP contribution >= 0.6 is 11.8 Å². The van der Waals surface area contributed by atoms with Crippen LogP contribution in [0.15, 0.2) is 53.7 Å². The van der Waals surface area contributed by atoms with Gasteiger partial charge in [-0.2, -0.15) is 5.48 Å². The van der Waals surface area contributed by atoms with Gasteiger partial charge in [0, 0.05) is 17.7 Å². The molecule has 26 heavy (non-hydrogen) atoms. The molecule has 0 saturated heterocycles. The van der Waals surface area contributed by atoms with Crippen LogP contribution in [0.4, 0.5) is 5.69 Å². The zero-order valence-electron chi connectivity index (χ0n) is 13.6. The molecule has 0 aliphatic carbocycles. The molecular formula is C17H17N4O4S+. The predicted molar refractivity (Wildman–Crippen MR) is 94.3 cm³/mol. The minimum atomic E-state index is -0.935. The summed E-state index contributed by atoms with van der Waals surface area (Å²) >= 11 is 1.02. The summed E-state index contributed by atoms with van der Waals surface area (Å²) in [4.78, 5) is 14.9. The number of aromatic amines is 1. The van der Waals surface area contributed by atoms with Crippen molar-refractivity contribution in [3.8, 4) is 17.1 Å². The number of quaternary nitrogens is 1. The molecule has 0 amide bonds. The average molecular weight is 373 g/mol. The van der Waals surface area contributed by atoms with E-state index in [0.29, 0.717) is 34.6 Å². The molecule has 1 heterocycles. The summed E-state index contributed by atoms with van der Waals surface area (Å²) in [7, 11) is 0. The summed E-state index contributed by atoms with van der Waals surface area (Å²) in [6.07, 6.45) is 0. The number of carboxylic acids is 1. The summed E-state index contributed by atoms with van der Waals surface area (Å²) < 4.78 is 5.81. The van der Waals surface area contributed by atoms with Crippen LogP contribution in [0.5, 0.6) is 5.75 Å². The van der Waals surface area contributed by atoms with Gasteiger partial charge in [-0.05, 0) is 11.6 Å². The predicted octanol–water partition coefficient (Wildman–Crippen LogP) is 1.81. The van der Waals surface area contributed by atoms with E-state index < -0.39 is 5.97 Å². The fraction of sp³-hybridized carbons (Fsp3) is 0.118. The van der Waals surface area contributed by atoms with Crippen molar-refractivity contribution in [3.05, 3.63) is 54.1 Å². The first-order chi connectivity index (χ1) is 12.6. The maximum Gasteiger partial charge on any atom is 0.313 e. The van der Waals surface area contributed by atoms with Gasteiger partial charge in [0.05, 0.1) is 5.75 Å². The lowest BCUT2D eigenvalue weighted by Crippen LogP contribution is -2.73. The number of ether oxygens (including phenoxy) is 1. The SMILES string of the molecule is O=C(O)CSc1n[nH]c(-c2cc([NH2+]O)cc(OCc3ccccc3)c2)n1. The van der Waals surface area contributed by atoms with E-state index in [-0.39, 0.29) is 5.75 Å². The number of aromatic nitrogens is 3. The molecule has 1 aromatic heterocycles. The van der Waals surface area contributed by atoms with Gasteiger partial charge in [-0.15, -0.1) is 5.10 Å². The van der Waals surface area contributed by atoms with Gasteiger partial charge in [0.1, 0.15) is 12.4 Å². The minimum Gasteiger partial charge on any atom is -0.489 e. The number of rotatable bonds is 8. The quantitative estimate of drug-likeness (QED) is 0.270. The molecule has 0 spiro atoms. The van der Waals surface area contributed by atoms with Crippen molar-refractivity contribution in [1.82, 2.24) is 15.2 Å². The molecule has 2 aromatic carbocycles. The average Bonchev–Trinajstić information content (AvgIpc) is 3.14. The smallest absolute Gasteiger partial charge is 0.313 e. The summed E-state index contributed by atoms with van der Waals surface area (Å²) in [5.41, 5.74) is 3.24. The Morgan fingerprint density at radius 2 is 2.04 bits per heavy atom. The van der Waals surface area contributed by atoms with Crippen LogP contribution < -0.4 is 10.2 Å². The van der Waals surface area contributed by atoms with Crippen molar-refractivity contribution in [2.24, 2.45) is 0 Å². The Hall–Kier alpha value is -2.88. The lowest BCUT2D eigenvalue weighted by Gasteiger charge is -2.08. The number of aliphatic carboxylic acids is 1. The van der Waals surface area contributed by atoms with Gasteiger partial charge in [-0.1, -0.05) is 42.1 Å². The fourth-order valence-electron chi connectivity index (χ4n) is 2.22. The molecule has 0 unspecified atom stereocenters. The van der Waals surface area contributed by atoms with E-state index in [1.165, 1.54) is 0 Å². The largest absolute Gasteiger partial charge is 0.489 e. The van der Waals surface area contributed by atoms with Crippen LogP contribution in [0, 0.1) is 0 Å². The van der Waals surface area contributed by atoms with Crippen LogP contribution in [0.1, 0.15) is 5.56 Å². The molecule has 3 rings (SSSR count). The Morgan fingerprint density at radius 1 is 1.23 bits per heavy atom. The second-order valence-corrected chi connectivity index (χ2v) is 6.29. The Kier molecular flexibility index (Phi) is 5.84. The number of H-pyrrole nitrogens is 1. The molecule has 0 saturated carbocycles. The molecule has 0 aliphatic heterocycles. The first-order valence-corrected chi connectivity index (χ1v) is 8.69. The first-order valence-electron chi connectivity index (χ1n) is 7.70. The van der Waals surface area contributed by atoms with Crippen molar-refractivity contribution in [2.45, 2.75) is 11.8 Å². The van der Waals surface area contributed by atoms with E-state index in [1.807, 2.05) is 30.3 Å². The number of hydrogen-bond acceptors (Lipinski definition) is 6. The molecule has 0 radical (unpaired) electrons. The topological polar surface area (TPSA) is 125 Å². The molecule has 9 heteroatoms. The van der Waals surface area contributed by atoms with Crippen LogP contribution in [0.3, 0.4) is 0 Å². The number of carboxylic acid groups (broad SMARTS) is 1. The van der Waals surface area contributed by atoms with Crippen molar-refractivity contribution < 1.29 is 25.3 Å². The Bertz CT molecular complexity index is 885. The van der Waals surface area contributed by atoms with E-state index in [9.17, 15) is 10.0 Å². The second kappa shape index (κ2) is 8.48. The number of nitrogens with one attached hydrogen (secondary N) is 1. The molecule has 0 atom stereocenters. The molecule has 8 nitrogen and oxygen atoms in total. The maximum absolute atomic E-state index is 10.6. The Balaban J connectivity index is 1.77. The van der Waals surface area contributed by atoms with E-state index in [2.05, 4.69) is 15.2 Å². The van der Waals surface area contributed by atoms with E-state index in [4.69, 9.17) is 9.84 Å². The molecule has 5 N–H and O–H groups in total. The number of thioether (sulfide) groups is 1. The van der Waals surface area contributed by atoms with Gasteiger partial charge in [-0.3, -0.25) is 9.89 Å². The summed E-state index contributed by atoms with van der Waals surface area (Å²) in [6.45, 7) is 0.394. The second-order valence-electron chi connectivity index (χ2n) is 5.34. The fourth-order valence-corrected chi connectivity index (χ4v) is 2.74. The van der Waals surface area contributed by atoms with Crippen molar-refractivity contribution in [3.63, 3.8) is 0 Å². The maximum atomic E-state index is 10.6. The van der Waals surface area contributed by atoms with Gasteiger partial charge in [0.25, 0.3) is 0 Å². The highest BCUT2D eigenvalue weighted by atomic mass is 32.2. The van der Waals surface area contributed by atoms with Gasteiger partial charge < -0.3 is 9.84 Å². The highest BCUT2D eigenvalue weighted by Gasteiger charge is 2.12. The van der Waals surface area contributed by atoms with Gasteiger partial charge in [0.2, 0.25) is 5.16 Å². The first kappa shape index (κ1) is 17.9. The van der Waals surface area contributed by atoms with Crippen LogP contribution in [0.2, 0.25) is 0 Å². The lowest BCUT2D eigenvalue weighted by molar-refractivity contribution is -0.825. The normalized spacial score (nSPS) is 10.7. The summed E-state index contributed by atoms with van der Waals surface area (Å²) in [6, 6.07) is 15.0. The van der Waals surface area contributed by atoms with Crippen LogP contribution in [0.25, 0.3) is 11.4 Å². The highest BCUT2D eigenvalue weighted by molar-refractivity contribution is 7.99. The number of benzene rings is 2. The van der Waals surface area contributed by atoms with Crippen molar-refractivity contribution in [2.75, 3.05) is 5.75 Å². The third-order valence-corrected chi connectivity index (χ3v) is 4.22. The number of carbonyl (C=O) groups is 1. The minimum absolute atomic E-state index is 0.118. The van der Waals surface area contributed by atoms with E-state index in [0.717, 1.165) is 22.8 Å². The molecule has 0 bridgehead atoms. The molecule has 0 fully saturated rings. The van der Waals surface area contributed by atoms with E-state index >= 15 is 0 Å². The van der Waals surface area contributed by atoms with Gasteiger partial charge >= 0.3 is 5.97 Å². The van der Waals surface area contributed by atoms with Gasteiger partial charge in [-0.25, -0.2) is 10.2 Å². The van der Waals surface area contributed by atoms with Crippen LogP contribution in [-0.2, 0) is 11.4 Å². The standard InChI is InChI=1S/C17H16N4O4S/c22-15(23)10-26-17-18-16(19-20-17)12-6-13(21-24)8-14(7-12)25-9-11-4-2-1-3-5-11/h1-8,21,24H,9-10H2,(H,22,23)(H,18,19,20)/p+1. The lowest BCUT2D eigenvalue weighted by atomic mass is 10.1. The van der Waals surface area contributed by atoms with Crippen LogP contribution in [-0.4, -0.2) is 37.2 Å². The molecule has 134 valence electrons. The van der Waals surface area contributed by atoms with Gasteiger partial charge in [0.15, 0.2) is 11.5 Å². The zero-order chi connectivity index (χ0) is 18.4. The van der Waals surface area contributed by atoms with Crippen molar-refractivity contribution in [1.29, 1.82) is 0 Å². The number of nitrogens with two attached hydrogens (primary N) is 1. The molecule has 3 aromatic rings.